The van der Waals surface area contributed by atoms with E-state index in [0.717, 1.165) is 51.8 Å². The summed E-state index contributed by atoms with van der Waals surface area (Å²) in [6.07, 6.45) is 9.29. The maximum absolute atomic E-state index is 12.6. The average molecular weight is 404 g/mol. The van der Waals surface area contributed by atoms with E-state index in [-0.39, 0.29) is 5.91 Å². The smallest absolute Gasteiger partial charge is 0.244 e. The molecule has 1 heterocycles. The highest BCUT2D eigenvalue weighted by Crippen LogP contribution is 2.37. The van der Waals surface area contributed by atoms with Gasteiger partial charge in [-0.15, -0.1) is 0 Å². The van der Waals surface area contributed by atoms with Crippen LogP contribution in [0.5, 0.6) is 5.75 Å². The molecule has 3 aromatic rings. The average Bonchev–Trinajstić information content (AvgIpc) is 3.17. The standard InChI is InChI=1S/C26H29NO3/c1-3-29-24-16-25-22(23(17-30-25)19-10-6-4-7-11-19)15-21(24)18(2)14-26(28)27-20-12-8-5-9-13-20/h4,6-7,10-11,14-17,20H,3,5,8-9,12-13H2,1-2H3,(H,27,28)/b18-14+. The minimum Gasteiger partial charge on any atom is -0.493 e. The molecule has 1 aromatic heterocycles. The quantitative estimate of drug-likeness (QED) is 0.488. The lowest BCUT2D eigenvalue weighted by molar-refractivity contribution is -0.117. The maximum Gasteiger partial charge on any atom is 0.244 e. The van der Waals surface area contributed by atoms with E-state index in [4.69, 9.17) is 9.15 Å². The molecule has 2 aromatic carbocycles. The van der Waals surface area contributed by atoms with Crippen LogP contribution in [0.15, 0.2) is 59.2 Å². The molecule has 156 valence electrons. The Hall–Kier alpha value is -3.01. The minimum absolute atomic E-state index is 0.0302. The van der Waals surface area contributed by atoms with Crippen molar-refractivity contribution >= 4 is 22.4 Å². The number of hydrogen-bond donors (Lipinski definition) is 1. The molecule has 0 atom stereocenters. The van der Waals surface area contributed by atoms with Gasteiger partial charge >= 0.3 is 0 Å². The number of carbonyl (C=O) groups is 1. The Bertz CT molecular complexity index is 1040. The van der Waals surface area contributed by atoms with Gasteiger partial charge in [0.1, 0.15) is 11.3 Å². The molecule has 1 aliphatic carbocycles. The number of ether oxygens (including phenoxy) is 1. The Balaban J connectivity index is 1.68. The van der Waals surface area contributed by atoms with Gasteiger partial charge in [-0.1, -0.05) is 49.6 Å². The van der Waals surface area contributed by atoms with Crippen molar-refractivity contribution in [3.63, 3.8) is 0 Å². The highest BCUT2D eigenvalue weighted by molar-refractivity contribution is 6.00. The molecule has 4 nitrogen and oxygen atoms in total. The summed E-state index contributed by atoms with van der Waals surface area (Å²) in [5.41, 5.74) is 4.72. The molecule has 0 saturated heterocycles. The van der Waals surface area contributed by atoms with E-state index in [1.807, 2.05) is 38.1 Å². The number of rotatable bonds is 6. The van der Waals surface area contributed by atoms with Gasteiger partial charge in [0.15, 0.2) is 0 Å². The molecule has 1 aliphatic rings. The Morgan fingerprint density at radius 1 is 1.17 bits per heavy atom. The molecule has 1 amide bonds. The van der Waals surface area contributed by atoms with Crippen molar-refractivity contribution in [2.24, 2.45) is 0 Å². The van der Waals surface area contributed by atoms with Gasteiger partial charge in [-0.3, -0.25) is 4.79 Å². The number of carbonyl (C=O) groups excluding carboxylic acids is 1. The second kappa shape index (κ2) is 9.21. The molecule has 0 radical (unpaired) electrons. The summed E-state index contributed by atoms with van der Waals surface area (Å²) in [5.74, 6) is 0.704. The van der Waals surface area contributed by atoms with Gasteiger partial charge in [-0.2, -0.15) is 0 Å². The summed E-state index contributed by atoms with van der Waals surface area (Å²) >= 11 is 0. The molecule has 4 heteroatoms. The maximum atomic E-state index is 12.6. The lowest BCUT2D eigenvalue weighted by atomic mass is 9.95. The number of allylic oxidation sites excluding steroid dienone is 1. The van der Waals surface area contributed by atoms with Crippen LogP contribution in [0.2, 0.25) is 0 Å². The Morgan fingerprint density at radius 2 is 1.93 bits per heavy atom. The van der Waals surface area contributed by atoms with Gasteiger partial charge in [0.2, 0.25) is 5.91 Å². The van der Waals surface area contributed by atoms with Crippen LogP contribution < -0.4 is 10.1 Å². The van der Waals surface area contributed by atoms with Crippen LogP contribution >= 0.6 is 0 Å². The molecule has 0 unspecified atom stereocenters. The molecule has 1 saturated carbocycles. The summed E-state index contributed by atoms with van der Waals surface area (Å²) in [4.78, 5) is 12.6. The minimum atomic E-state index is -0.0302. The lowest BCUT2D eigenvalue weighted by Gasteiger charge is -2.22. The van der Waals surface area contributed by atoms with Crippen LogP contribution in [0.4, 0.5) is 0 Å². The van der Waals surface area contributed by atoms with E-state index >= 15 is 0 Å². The number of furan rings is 1. The van der Waals surface area contributed by atoms with E-state index in [1.54, 1.807) is 12.3 Å². The number of amides is 1. The van der Waals surface area contributed by atoms with Crippen molar-refractivity contribution in [3.05, 3.63) is 60.4 Å². The predicted molar refractivity (Wildman–Crippen MR) is 121 cm³/mol. The third-order valence-corrected chi connectivity index (χ3v) is 5.78. The summed E-state index contributed by atoms with van der Waals surface area (Å²) in [6.45, 7) is 4.47. The van der Waals surface area contributed by atoms with E-state index in [0.29, 0.717) is 12.6 Å². The van der Waals surface area contributed by atoms with E-state index in [2.05, 4.69) is 23.5 Å². The van der Waals surface area contributed by atoms with Gasteiger partial charge in [-0.25, -0.2) is 0 Å². The Morgan fingerprint density at radius 3 is 2.67 bits per heavy atom. The van der Waals surface area contributed by atoms with E-state index in [1.165, 1.54) is 19.3 Å². The van der Waals surface area contributed by atoms with Crippen molar-refractivity contribution in [3.8, 4) is 16.9 Å². The molecule has 4 rings (SSSR count). The van der Waals surface area contributed by atoms with Crippen molar-refractivity contribution < 1.29 is 13.9 Å². The SMILES string of the molecule is CCOc1cc2occ(-c3ccccc3)c2cc1/C(C)=C/C(=O)NC1CCCCC1. The molecule has 0 bridgehead atoms. The third kappa shape index (κ3) is 4.43. The van der Waals surface area contributed by atoms with Gasteiger partial charge < -0.3 is 14.5 Å². The molecule has 30 heavy (non-hydrogen) atoms. The highest BCUT2D eigenvalue weighted by atomic mass is 16.5. The number of nitrogens with one attached hydrogen (secondary N) is 1. The van der Waals surface area contributed by atoms with Crippen molar-refractivity contribution in [2.45, 2.75) is 52.0 Å². The van der Waals surface area contributed by atoms with E-state index in [9.17, 15) is 4.79 Å². The second-order valence-electron chi connectivity index (χ2n) is 7.96. The zero-order valence-corrected chi connectivity index (χ0v) is 17.7. The number of hydrogen-bond acceptors (Lipinski definition) is 3. The Kier molecular flexibility index (Phi) is 6.22. The second-order valence-corrected chi connectivity index (χ2v) is 7.96. The molecule has 1 N–H and O–H groups in total. The van der Waals surface area contributed by atoms with Gasteiger partial charge in [0.05, 0.1) is 12.9 Å². The van der Waals surface area contributed by atoms with Gasteiger partial charge in [-0.05, 0) is 43.9 Å². The topological polar surface area (TPSA) is 51.5 Å². The molecule has 0 aliphatic heterocycles. The summed E-state index contributed by atoms with van der Waals surface area (Å²) in [7, 11) is 0. The predicted octanol–water partition coefficient (Wildman–Crippen LogP) is 6.35. The molecule has 1 fully saturated rings. The van der Waals surface area contributed by atoms with E-state index < -0.39 is 0 Å². The molecular formula is C26H29NO3. The van der Waals surface area contributed by atoms with Crippen LogP contribution in [-0.2, 0) is 4.79 Å². The fraction of sp³-hybridized carbons (Fsp3) is 0.346. The van der Waals surface area contributed by atoms with Crippen LogP contribution in [-0.4, -0.2) is 18.6 Å². The van der Waals surface area contributed by atoms with Crippen molar-refractivity contribution in [1.29, 1.82) is 0 Å². The summed E-state index contributed by atoms with van der Waals surface area (Å²) < 4.78 is 11.7. The van der Waals surface area contributed by atoms with Crippen LogP contribution in [0.1, 0.15) is 51.5 Å². The first-order valence-corrected chi connectivity index (χ1v) is 10.9. The lowest BCUT2D eigenvalue weighted by Crippen LogP contribution is -2.35. The third-order valence-electron chi connectivity index (χ3n) is 5.78. The molecular weight excluding hydrogens is 374 g/mol. The fourth-order valence-corrected chi connectivity index (χ4v) is 4.24. The van der Waals surface area contributed by atoms with Crippen molar-refractivity contribution in [2.75, 3.05) is 6.61 Å². The summed E-state index contributed by atoms with van der Waals surface area (Å²) in [6, 6.07) is 14.5. The largest absolute Gasteiger partial charge is 0.493 e. The first kappa shape index (κ1) is 20.3. The first-order chi connectivity index (χ1) is 14.7. The Labute approximate surface area is 177 Å². The number of benzene rings is 2. The molecule has 0 spiro atoms. The first-order valence-electron chi connectivity index (χ1n) is 10.9. The van der Waals surface area contributed by atoms with Crippen molar-refractivity contribution in [1.82, 2.24) is 5.32 Å². The zero-order valence-electron chi connectivity index (χ0n) is 17.7. The van der Waals surface area contributed by atoms with Crippen LogP contribution in [0, 0.1) is 0 Å². The van der Waals surface area contributed by atoms with Crippen LogP contribution in [0.3, 0.4) is 0 Å². The zero-order chi connectivity index (χ0) is 20.9. The summed E-state index contributed by atoms with van der Waals surface area (Å²) in [5, 5.41) is 4.18. The van der Waals surface area contributed by atoms with Gasteiger partial charge in [0, 0.05) is 34.7 Å². The monoisotopic (exact) mass is 403 g/mol. The fourth-order valence-electron chi connectivity index (χ4n) is 4.24. The normalized spacial score (nSPS) is 15.3. The van der Waals surface area contributed by atoms with Crippen LogP contribution in [0.25, 0.3) is 27.7 Å². The number of fused-ring (bicyclic) bond motifs is 1. The highest BCUT2D eigenvalue weighted by Gasteiger charge is 2.17. The van der Waals surface area contributed by atoms with Gasteiger partial charge in [0.25, 0.3) is 0 Å².